The molecule has 1 rings (SSSR count). The van der Waals surface area contributed by atoms with Crippen LogP contribution in [0, 0.1) is 10.1 Å². The Labute approximate surface area is 96.4 Å². The Morgan fingerprint density at radius 3 is 2.81 bits per heavy atom. The zero-order chi connectivity index (χ0) is 12.1. The summed E-state index contributed by atoms with van der Waals surface area (Å²) in [5, 5.41) is 11.0. The van der Waals surface area contributed by atoms with Crippen molar-refractivity contribution in [3.05, 3.63) is 45.0 Å². The van der Waals surface area contributed by atoms with E-state index < -0.39 is 10.9 Å². The minimum absolute atomic E-state index is 0.160. The summed E-state index contributed by atoms with van der Waals surface area (Å²) in [5.41, 5.74) is 0.132. The van der Waals surface area contributed by atoms with Crippen LogP contribution in [-0.2, 0) is 9.53 Å². The van der Waals surface area contributed by atoms with Crippen LogP contribution < -0.4 is 0 Å². The van der Waals surface area contributed by atoms with E-state index in [2.05, 4.69) is 4.74 Å². The van der Waals surface area contributed by atoms with E-state index in [-0.39, 0.29) is 10.7 Å². The van der Waals surface area contributed by atoms with Gasteiger partial charge in [0.1, 0.15) is 0 Å². The molecule has 1 aromatic carbocycles. The zero-order valence-corrected chi connectivity index (χ0v) is 9.10. The monoisotopic (exact) mass is 241 g/mol. The second kappa shape index (κ2) is 5.27. The molecule has 1 aromatic rings. The number of carbonyl (C=O) groups excluding carboxylic acids is 1. The first-order chi connectivity index (χ1) is 7.54. The van der Waals surface area contributed by atoms with Crippen molar-refractivity contribution in [1.29, 1.82) is 0 Å². The van der Waals surface area contributed by atoms with Crippen LogP contribution in [0.2, 0.25) is 5.02 Å². The van der Waals surface area contributed by atoms with E-state index in [1.807, 2.05) is 0 Å². The third-order valence-corrected chi connectivity index (χ3v) is 2.02. The summed E-state index contributed by atoms with van der Waals surface area (Å²) in [5.74, 6) is -0.579. The van der Waals surface area contributed by atoms with Crippen LogP contribution in [0.1, 0.15) is 5.56 Å². The normalized spacial score (nSPS) is 10.4. The second-order valence-electron chi connectivity index (χ2n) is 2.82. The Morgan fingerprint density at radius 2 is 2.25 bits per heavy atom. The standard InChI is InChI=1S/C10H8ClNO4/c1-16-10(13)5-3-7-2-4-8(11)6-9(7)12(14)15/h2-6H,1H3. The molecule has 0 saturated carbocycles. The maximum Gasteiger partial charge on any atom is 0.330 e. The van der Waals surface area contributed by atoms with Crippen LogP contribution in [-0.4, -0.2) is 18.0 Å². The highest BCUT2D eigenvalue weighted by atomic mass is 35.5. The molecule has 0 spiro atoms. The number of esters is 1. The number of methoxy groups -OCH3 is 1. The highest BCUT2D eigenvalue weighted by Crippen LogP contribution is 2.24. The lowest BCUT2D eigenvalue weighted by atomic mass is 10.1. The average Bonchev–Trinajstić information content (AvgIpc) is 2.26. The summed E-state index contributed by atoms with van der Waals surface area (Å²) in [6, 6.07) is 4.18. The van der Waals surface area contributed by atoms with E-state index in [4.69, 9.17) is 11.6 Å². The maximum atomic E-state index is 10.8. The molecular formula is C10H8ClNO4. The summed E-state index contributed by atoms with van der Waals surface area (Å²) in [6.45, 7) is 0. The van der Waals surface area contributed by atoms with Gasteiger partial charge >= 0.3 is 5.97 Å². The Balaban J connectivity index is 3.09. The molecule has 0 aliphatic heterocycles. The number of ether oxygens (including phenoxy) is 1. The van der Waals surface area contributed by atoms with E-state index >= 15 is 0 Å². The number of carbonyl (C=O) groups is 1. The molecule has 0 aliphatic rings. The Hall–Kier alpha value is -1.88. The quantitative estimate of drug-likeness (QED) is 0.353. The van der Waals surface area contributed by atoms with Gasteiger partial charge in [-0.25, -0.2) is 4.79 Å². The summed E-state index contributed by atoms with van der Waals surface area (Å²) >= 11 is 5.63. The van der Waals surface area contributed by atoms with Crippen molar-refractivity contribution in [1.82, 2.24) is 0 Å². The van der Waals surface area contributed by atoms with Crippen molar-refractivity contribution in [3.8, 4) is 0 Å². The van der Waals surface area contributed by atoms with Gasteiger partial charge < -0.3 is 4.74 Å². The molecule has 0 unspecified atom stereocenters. The largest absolute Gasteiger partial charge is 0.466 e. The predicted octanol–water partition coefficient (Wildman–Crippen LogP) is 2.43. The fraction of sp³-hybridized carbons (Fsp3) is 0.100. The summed E-state index contributed by atoms with van der Waals surface area (Å²) in [6.07, 6.45) is 2.41. The number of nitrogens with zero attached hydrogens (tertiary/aromatic N) is 1. The minimum Gasteiger partial charge on any atom is -0.466 e. The predicted molar refractivity (Wildman–Crippen MR) is 59.2 cm³/mol. The molecule has 6 heteroatoms. The first-order valence-electron chi connectivity index (χ1n) is 4.24. The molecule has 0 atom stereocenters. The molecule has 0 radical (unpaired) electrons. The lowest BCUT2D eigenvalue weighted by Crippen LogP contribution is -1.95. The van der Waals surface area contributed by atoms with E-state index in [1.165, 1.54) is 31.4 Å². The molecule has 0 aliphatic carbocycles. The van der Waals surface area contributed by atoms with Crippen LogP contribution in [0.5, 0.6) is 0 Å². The molecule has 84 valence electrons. The molecule has 0 N–H and O–H groups in total. The fourth-order valence-corrected chi connectivity index (χ4v) is 1.21. The first kappa shape index (κ1) is 12.2. The Morgan fingerprint density at radius 1 is 1.56 bits per heavy atom. The SMILES string of the molecule is COC(=O)C=Cc1ccc(Cl)cc1[N+](=O)[O-]. The van der Waals surface area contributed by atoms with E-state index in [0.29, 0.717) is 5.56 Å². The summed E-state index contributed by atoms with van der Waals surface area (Å²) in [7, 11) is 1.23. The summed E-state index contributed by atoms with van der Waals surface area (Å²) < 4.78 is 4.37. The number of benzene rings is 1. The van der Waals surface area contributed by atoms with Crippen LogP contribution in [0.25, 0.3) is 6.08 Å². The topological polar surface area (TPSA) is 69.4 Å². The lowest BCUT2D eigenvalue weighted by Gasteiger charge is -1.97. The molecular weight excluding hydrogens is 234 g/mol. The minimum atomic E-state index is -0.579. The number of nitro groups is 1. The van der Waals surface area contributed by atoms with Crippen molar-refractivity contribution in [2.45, 2.75) is 0 Å². The van der Waals surface area contributed by atoms with E-state index in [0.717, 1.165) is 6.08 Å². The Bertz CT molecular complexity index is 456. The van der Waals surface area contributed by atoms with Gasteiger partial charge in [-0.3, -0.25) is 10.1 Å². The highest BCUT2D eigenvalue weighted by molar-refractivity contribution is 6.30. The number of nitro benzene ring substituents is 1. The van der Waals surface area contributed by atoms with Gasteiger partial charge in [-0.15, -0.1) is 0 Å². The highest BCUT2D eigenvalue weighted by Gasteiger charge is 2.12. The number of hydrogen-bond donors (Lipinski definition) is 0. The van der Waals surface area contributed by atoms with Crippen LogP contribution in [0.4, 0.5) is 5.69 Å². The van der Waals surface area contributed by atoms with Gasteiger partial charge in [0, 0.05) is 17.2 Å². The van der Waals surface area contributed by atoms with Gasteiger partial charge in [0.15, 0.2) is 0 Å². The van der Waals surface area contributed by atoms with Gasteiger partial charge in [0.2, 0.25) is 0 Å². The number of hydrogen-bond acceptors (Lipinski definition) is 4. The third-order valence-electron chi connectivity index (χ3n) is 1.79. The molecule has 0 aromatic heterocycles. The molecule has 5 nitrogen and oxygen atoms in total. The average molecular weight is 242 g/mol. The van der Waals surface area contributed by atoms with Crippen molar-refractivity contribution < 1.29 is 14.5 Å². The lowest BCUT2D eigenvalue weighted by molar-refractivity contribution is -0.385. The van der Waals surface area contributed by atoms with Crippen molar-refractivity contribution in [2.75, 3.05) is 7.11 Å². The van der Waals surface area contributed by atoms with Gasteiger partial charge in [-0.2, -0.15) is 0 Å². The molecule has 0 fully saturated rings. The maximum absolute atomic E-state index is 10.8. The molecule has 0 bridgehead atoms. The molecule has 0 amide bonds. The molecule has 0 heterocycles. The first-order valence-corrected chi connectivity index (χ1v) is 4.62. The second-order valence-corrected chi connectivity index (χ2v) is 3.25. The van der Waals surface area contributed by atoms with Gasteiger partial charge in [0.25, 0.3) is 5.69 Å². The fourth-order valence-electron chi connectivity index (χ4n) is 1.04. The third kappa shape index (κ3) is 3.06. The molecule has 0 saturated heterocycles. The molecule has 16 heavy (non-hydrogen) atoms. The van der Waals surface area contributed by atoms with Crippen molar-refractivity contribution in [2.24, 2.45) is 0 Å². The number of halogens is 1. The van der Waals surface area contributed by atoms with Crippen molar-refractivity contribution in [3.63, 3.8) is 0 Å². The van der Waals surface area contributed by atoms with E-state index in [1.54, 1.807) is 0 Å². The van der Waals surface area contributed by atoms with Crippen molar-refractivity contribution >= 4 is 29.3 Å². The van der Waals surface area contributed by atoms with Crippen LogP contribution in [0.15, 0.2) is 24.3 Å². The van der Waals surface area contributed by atoms with Crippen LogP contribution in [0.3, 0.4) is 0 Å². The zero-order valence-electron chi connectivity index (χ0n) is 8.34. The number of rotatable bonds is 3. The van der Waals surface area contributed by atoms with E-state index in [9.17, 15) is 14.9 Å². The van der Waals surface area contributed by atoms with Gasteiger partial charge in [-0.05, 0) is 18.2 Å². The van der Waals surface area contributed by atoms with Gasteiger partial charge in [-0.1, -0.05) is 11.6 Å². The summed E-state index contributed by atoms with van der Waals surface area (Å²) in [4.78, 5) is 20.9. The van der Waals surface area contributed by atoms with Crippen LogP contribution >= 0.6 is 11.6 Å². The Kier molecular flexibility index (Phi) is 4.02. The van der Waals surface area contributed by atoms with Gasteiger partial charge in [0.05, 0.1) is 17.6 Å². The smallest absolute Gasteiger partial charge is 0.330 e.